The molecule has 1 amide bonds. The van der Waals surface area contributed by atoms with Gasteiger partial charge in [0.05, 0.1) is 11.6 Å². The van der Waals surface area contributed by atoms with Crippen LogP contribution in [0.15, 0.2) is 18.2 Å². The number of hydrogen-bond donors (Lipinski definition) is 1. The molecule has 118 valence electrons. The number of carbonyl (C=O) groups is 1. The van der Waals surface area contributed by atoms with Crippen molar-refractivity contribution < 1.29 is 23.1 Å². The number of benzene rings is 1. The molecule has 1 aliphatic heterocycles. The molecule has 1 aliphatic rings. The molecule has 0 bridgehead atoms. The van der Waals surface area contributed by atoms with Crippen LogP contribution in [0.3, 0.4) is 0 Å². The molecule has 1 aromatic carbocycles. The Morgan fingerprint density at radius 1 is 1.36 bits per heavy atom. The molecular formula is C15H15F3N2O2. The van der Waals surface area contributed by atoms with Gasteiger partial charge in [-0.2, -0.15) is 18.4 Å². The zero-order valence-corrected chi connectivity index (χ0v) is 12.1. The average Bonchev–Trinajstić information content (AvgIpc) is 2.69. The summed E-state index contributed by atoms with van der Waals surface area (Å²) in [5.74, 6) is -0.489. The van der Waals surface area contributed by atoms with Gasteiger partial charge in [0.2, 0.25) is 0 Å². The minimum atomic E-state index is -4.53. The van der Waals surface area contributed by atoms with Crippen LogP contribution < -0.4 is 0 Å². The topological polar surface area (TPSA) is 64.3 Å². The summed E-state index contributed by atoms with van der Waals surface area (Å²) in [5, 5.41) is 18.6. The van der Waals surface area contributed by atoms with Gasteiger partial charge >= 0.3 is 6.18 Å². The van der Waals surface area contributed by atoms with Crippen LogP contribution in [0.1, 0.15) is 41.4 Å². The molecule has 1 unspecified atom stereocenters. The lowest BCUT2D eigenvalue weighted by Crippen LogP contribution is -2.38. The van der Waals surface area contributed by atoms with Crippen molar-refractivity contribution in [2.75, 3.05) is 13.2 Å². The molecule has 0 saturated carbocycles. The number of nitrogens with zero attached hydrogens (tertiary/aromatic N) is 2. The molecule has 0 saturated heterocycles. The van der Waals surface area contributed by atoms with E-state index in [1.165, 1.54) is 4.90 Å². The van der Waals surface area contributed by atoms with Crippen molar-refractivity contribution in [3.8, 4) is 6.07 Å². The predicted octanol–water partition coefficient (Wildman–Crippen LogP) is 2.74. The smallest absolute Gasteiger partial charge is 0.396 e. The molecule has 22 heavy (non-hydrogen) atoms. The molecule has 2 rings (SSSR count). The van der Waals surface area contributed by atoms with Gasteiger partial charge in [0.15, 0.2) is 0 Å². The van der Waals surface area contributed by atoms with Crippen LogP contribution in [0.4, 0.5) is 13.2 Å². The maximum atomic E-state index is 12.8. The highest BCUT2D eigenvalue weighted by molar-refractivity contribution is 5.99. The highest BCUT2D eigenvalue weighted by atomic mass is 19.4. The summed E-state index contributed by atoms with van der Waals surface area (Å²) in [6.07, 6.45) is -4.53. The van der Waals surface area contributed by atoms with Crippen LogP contribution in [0.5, 0.6) is 0 Å². The monoisotopic (exact) mass is 312 g/mol. The zero-order valence-electron chi connectivity index (χ0n) is 12.1. The fourth-order valence-electron chi connectivity index (χ4n) is 2.41. The van der Waals surface area contributed by atoms with Crippen LogP contribution >= 0.6 is 0 Å². The lowest BCUT2D eigenvalue weighted by Gasteiger charge is -2.30. The molecule has 0 fully saturated rings. The summed E-state index contributed by atoms with van der Waals surface area (Å²) >= 11 is 0. The molecule has 0 spiro atoms. The lowest BCUT2D eigenvalue weighted by molar-refractivity contribution is -0.137. The van der Waals surface area contributed by atoms with Crippen molar-refractivity contribution in [1.29, 1.82) is 5.26 Å². The van der Waals surface area contributed by atoms with Crippen molar-refractivity contribution >= 4 is 5.91 Å². The van der Waals surface area contributed by atoms with Crippen LogP contribution in [-0.4, -0.2) is 29.1 Å². The van der Waals surface area contributed by atoms with Crippen LogP contribution in [-0.2, 0) is 6.18 Å². The fourth-order valence-corrected chi connectivity index (χ4v) is 2.41. The molecular weight excluding hydrogens is 297 g/mol. The Balaban J connectivity index is 2.45. The maximum absolute atomic E-state index is 12.8. The normalized spacial score (nSPS) is 18.3. The van der Waals surface area contributed by atoms with E-state index in [1.54, 1.807) is 13.8 Å². The highest BCUT2D eigenvalue weighted by Gasteiger charge is 2.41. The Morgan fingerprint density at radius 2 is 2.00 bits per heavy atom. The molecule has 7 heteroatoms. The summed E-state index contributed by atoms with van der Waals surface area (Å²) in [6, 6.07) is 3.61. The van der Waals surface area contributed by atoms with Crippen molar-refractivity contribution in [2.45, 2.75) is 26.1 Å². The van der Waals surface area contributed by atoms with Gasteiger partial charge in [-0.15, -0.1) is 0 Å². The summed E-state index contributed by atoms with van der Waals surface area (Å²) in [7, 11) is 0. The molecule has 0 radical (unpaired) electrons. The zero-order chi connectivity index (χ0) is 16.7. The third-order valence-corrected chi connectivity index (χ3v) is 3.63. The van der Waals surface area contributed by atoms with E-state index in [0.717, 1.165) is 18.2 Å². The first-order valence-electron chi connectivity index (χ1n) is 6.63. The number of halogens is 3. The van der Waals surface area contributed by atoms with Crippen molar-refractivity contribution in [3.05, 3.63) is 34.9 Å². The summed E-state index contributed by atoms with van der Waals surface area (Å²) in [6.45, 7) is 3.29. The first kappa shape index (κ1) is 16.3. The lowest BCUT2D eigenvalue weighted by atomic mass is 9.93. The number of aliphatic hydroxyl groups excluding tert-OH is 1. The van der Waals surface area contributed by atoms with E-state index in [4.69, 9.17) is 0 Å². The molecule has 1 N–H and O–H groups in total. The van der Waals surface area contributed by atoms with E-state index in [0.29, 0.717) is 0 Å². The van der Waals surface area contributed by atoms with E-state index < -0.39 is 29.1 Å². The van der Waals surface area contributed by atoms with Crippen LogP contribution in [0.25, 0.3) is 0 Å². The largest absolute Gasteiger partial charge is 0.416 e. The Morgan fingerprint density at radius 3 is 2.50 bits per heavy atom. The van der Waals surface area contributed by atoms with Crippen LogP contribution in [0, 0.1) is 16.7 Å². The minimum absolute atomic E-state index is 0.0658. The fraction of sp³-hybridized carbons (Fsp3) is 0.467. The number of amides is 1. The standard InChI is InChI=1S/C15H15F3N2O2/c1-14(2,8-21)7-20-12(6-19)11-5-9(15(16,17)18)3-4-10(11)13(20)22/h3-5,12,21H,7-8H2,1-2H3. The van der Waals surface area contributed by atoms with Gasteiger partial charge < -0.3 is 10.0 Å². The van der Waals surface area contributed by atoms with Crippen LogP contribution in [0.2, 0.25) is 0 Å². The molecule has 1 aromatic rings. The van der Waals surface area contributed by atoms with Gasteiger partial charge in [0, 0.05) is 29.7 Å². The Hall–Kier alpha value is -2.07. The number of carbonyl (C=O) groups excluding carboxylic acids is 1. The number of nitriles is 1. The Labute approximate surface area is 125 Å². The van der Waals surface area contributed by atoms with E-state index in [-0.39, 0.29) is 24.3 Å². The minimum Gasteiger partial charge on any atom is -0.396 e. The number of alkyl halides is 3. The van der Waals surface area contributed by atoms with Gasteiger partial charge in [-0.3, -0.25) is 4.79 Å². The second-order valence-electron chi connectivity index (χ2n) is 6.09. The van der Waals surface area contributed by atoms with Crippen molar-refractivity contribution in [3.63, 3.8) is 0 Å². The van der Waals surface area contributed by atoms with Crippen molar-refractivity contribution in [1.82, 2.24) is 4.90 Å². The second-order valence-corrected chi connectivity index (χ2v) is 6.09. The van der Waals surface area contributed by atoms with Gasteiger partial charge in [-0.25, -0.2) is 0 Å². The summed E-state index contributed by atoms with van der Waals surface area (Å²) < 4.78 is 38.4. The highest BCUT2D eigenvalue weighted by Crippen LogP contribution is 2.39. The SMILES string of the molecule is CC(C)(CO)CN1C(=O)c2ccc(C(F)(F)F)cc2C1C#N. The Bertz CT molecular complexity index is 647. The third kappa shape index (κ3) is 2.79. The maximum Gasteiger partial charge on any atom is 0.416 e. The summed E-state index contributed by atoms with van der Waals surface area (Å²) in [5.41, 5.74) is -1.37. The van der Waals surface area contributed by atoms with E-state index in [1.807, 2.05) is 6.07 Å². The average molecular weight is 312 g/mol. The van der Waals surface area contributed by atoms with Gasteiger partial charge in [0.25, 0.3) is 5.91 Å². The van der Waals surface area contributed by atoms with E-state index >= 15 is 0 Å². The summed E-state index contributed by atoms with van der Waals surface area (Å²) in [4.78, 5) is 13.5. The first-order chi connectivity index (χ1) is 10.1. The predicted molar refractivity (Wildman–Crippen MR) is 71.7 cm³/mol. The van der Waals surface area contributed by atoms with Crippen molar-refractivity contribution in [2.24, 2.45) is 5.41 Å². The molecule has 1 heterocycles. The molecule has 1 atom stereocenters. The number of fused-ring (bicyclic) bond motifs is 1. The number of aliphatic hydroxyl groups is 1. The Kier molecular flexibility index (Phi) is 3.92. The number of rotatable bonds is 3. The quantitative estimate of drug-likeness (QED) is 0.933. The number of hydrogen-bond acceptors (Lipinski definition) is 3. The van der Waals surface area contributed by atoms with Gasteiger partial charge in [-0.1, -0.05) is 13.8 Å². The molecule has 0 aromatic heterocycles. The first-order valence-corrected chi connectivity index (χ1v) is 6.63. The molecule has 4 nitrogen and oxygen atoms in total. The van der Waals surface area contributed by atoms with Gasteiger partial charge in [-0.05, 0) is 18.2 Å². The van der Waals surface area contributed by atoms with E-state index in [2.05, 4.69) is 0 Å². The molecule has 0 aliphatic carbocycles. The van der Waals surface area contributed by atoms with Gasteiger partial charge in [0.1, 0.15) is 6.04 Å². The van der Waals surface area contributed by atoms with E-state index in [9.17, 15) is 28.3 Å². The third-order valence-electron chi connectivity index (χ3n) is 3.63. The second kappa shape index (κ2) is 5.29.